The Labute approximate surface area is 311 Å². The van der Waals surface area contributed by atoms with Crippen LogP contribution in [0.1, 0.15) is 73.5 Å². The Hall–Kier alpha value is -3.77. The van der Waals surface area contributed by atoms with Crippen molar-refractivity contribution in [3.8, 4) is 11.5 Å². The van der Waals surface area contributed by atoms with Gasteiger partial charge in [0.25, 0.3) is 0 Å². The summed E-state index contributed by atoms with van der Waals surface area (Å²) in [7, 11) is 1.61. The molecule has 2 N–H and O–H groups in total. The van der Waals surface area contributed by atoms with Gasteiger partial charge in [0.05, 0.1) is 34.9 Å². The Morgan fingerprint density at radius 3 is 2.67 bits per heavy atom. The number of ether oxygens (including phenoxy) is 3. The third-order valence-electron chi connectivity index (χ3n) is 10.4. The first kappa shape index (κ1) is 38.0. The number of rotatable bonds is 19. The first-order chi connectivity index (χ1) is 25.5. The monoisotopic (exact) mass is 728 g/mol. The van der Waals surface area contributed by atoms with Crippen molar-refractivity contribution in [1.82, 2.24) is 15.0 Å². The molecule has 6 atom stereocenters. The van der Waals surface area contributed by atoms with Crippen LogP contribution in [0.3, 0.4) is 0 Å². The van der Waals surface area contributed by atoms with E-state index in [1.54, 1.807) is 25.6 Å². The van der Waals surface area contributed by atoms with Crippen molar-refractivity contribution in [3.63, 3.8) is 0 Å². The minimum Gasteiger partial charge on any atom is -0.487 e. The molecule has 1 saturated carbocycles. The summed E-state index contributed by atoms with van der Waals surface area (Å²) in [6.07, 6.45) is 15.9. The lowest BCUT2D eigenvalue weighted by Gasteiger charge is -2.58. The molecule has 3 aliphatic rings. The van der Waals surface area contributed by atoms with Crippen LogP contribution in [0.15, 0.2) is 84.4 Å². The number of pyridine rings is 1. The first-order valence-electron chi connectivity index (χ1n) is 18.5. The second kappa shape index (κ2) is 18.3. The van der Waals surface area contributed by atoms with Crippen molar-refractivity contribution in [2.24, 2.45) is 22.9 Å². The number of oxime groups is 1. The highest BCUT2D eigenvalue weighted by molar-refractivity contribution is 8.00. The van der Waals surface area contributed by atoms with Crippen molar-refractivity contribution in [1.29, 1.82) is 0 Å². The maximum absolute atomic E-state index is 9.84. The third kappa shape index (κ3) is 8.54. The van der Waals surface area contributed by atoms with Gasteiger partial charge in [-0.2, -0.15) is 11.8 Å². The molecule has 11 heteroatoms. The topological polar surface area (TPSA) is 128 Å². The highest BCUT2D eigenvalue weighted by atomic mass is 32.2. The van der Waals surface area contributed by atoms with Crippen LogP contribution in [0.4, 0.5) is 0 Å². The minimum absolute atomic E-state index is 0.00234. The van der Waals surface area contributed by atoms with Gasteiger partial charge in [0, 0.05) is 61.8 Å². The van der Waals surface area contributed by atoms with Crippen LogP contribution in [0, 0.1) is 24.7 Å². The number of aliphatic hydroxyl groups excluding tert-OH is 2. The Morgan fingerprint density at radius 1 is 1.08 bits per heavy atom. The maximum Gasteiger partial charge on any atom is 0.230 e. The van der Waals surface area contributed by atoms with Gasteiger partial charge in [-0.3, -0.25) is 15.0 Å². The zero-order valence-electron chi connectivity index (χ0n) is 30.4. The van der Waals surface area contributed by atoms with E-state index in [1.165, 1.54) is 0 Å². The number of thioether (sulfide) groups is 1. The third-order valence-corrected chi connectivity index (χ3v) is 11.8. The molecule has 3 aromatic rings. The van der Waals surface area contributed by atoms with Crippen molar-refractivity contribution >= 4 is 17.5 Å². The van der Waals surface area contributed by atoms with Gasteiger partial charge in [-0.15, -0.1) is 6.58 Å². The molecule has 1 aromatic carbocycles. The SMILES string of the molecule is C=CCOC12Oc3ccc(OCc4cccc(C)n4)cc3C3C(CCCCO)C(CCCCO)C=C(C(=NOC)CC1SCCc1cnccn1)C32. The van der Waals surface area contributed by atoms with E-state index in [0.717, 1.165) is 96.1 Å². The molecule has 0 spiro atoms. The molecule has 278 valence electrons. The highest BCUT2D eigenvalue weighted by Crippen LogP contribution is 2.62. The Kier molecular flexibility index (Phi) is 13.4. The smallest absolute Gasteiger partial charge is 0.230 e. The molecular formula is C41H52N4O6S. The number of allylic oxidation sites excluding steroid dienone is 1. The molecule has 6 unspecified atom stereocenters. The van der Waals surface area contributed by atoms with Crippen molar-refractivity contribution in [2.75, 3.05) is 32.7 Å². The molecule has 0 radical (unpaired) electrons. The lowest BCUT2D eigenvalue weighted by atomic mass is 9.56. The van der Waals surface area contributed by atoms with Gasteiger partial charge in [-0.05, 0) is 86.1 Å². The van der Waals surface area contributed by atoms with Crippen LogP contribution < -0.4 is 9.47 Å². The number of fused-ring (bicyclic) bond motifs is 2. The molecule has 1 fully saturated rings. The number of aliphatic hydroxyl groups is 2. The molecule has 2 aromatic heterocycles. The summed E-state index contributed by atoms with van der Waals surface area (Å²) in [5.41, 5.74) is 5.87. The second-order valence-corrected chi connectivity index (χ2v) is 15.1. The fourth-order valence-electron chi connectivity index (χ4n) is 8.28. The molecule has 10 nitrogen and oxygen atoms in total. The molecule has 6 rings (SSSR count). The van der Waals surface area contributed by atoms with E-state index in [4.69, 9.17) is 19.0 Å². The van der Waals surface area contributed by atoms with Gasteiger partial charge in [0.15, 0.2) is 0 Å². The molecule has 52 heavy (non-hydrogen) atoms. The Bertz CT molecular complexity index is 1690. The highest BCUT2D eigenvalue weighted by Gasteiger charge is 2.63. The minimum atomic E-state index is -1.02. The van der Waals surface area contributed by atoms with Gasteiger partial charge in [0.1, 0.15) is 25.2 Å². The Balaban J connectivity index is 1.46. The number of benzene rings is 1. The molecule has 2 aliphatic carbocycles. The van der Waals surface area contributed by atoms with E-state index in [9.17, 15) is 10.2 Å². The number of unbranched alkanes of at least 4 members (excludes halogenated alkanes) is 2. The van der Waals surface area contributed by atoms with Gasteiger partial charge in [-0.25, -0.2) is 0 Å². The summed E-state index contributed by atoms with van der Waals surface area (Å²) < 4.78 is 20.6. The predicted molar refractivity (Wildman–Crippen MR) is 203 cm³/mol. The van der Waals surface area contributed by atoms with Crippen molar-refractivity contribution in [2.45, 2.75) is 81.9 Å². The van der Waals surface area contributed by atoms with E-state index in [1.807, 2.05) is 55.2 Å². The van der Waals surface area contributed by atoms with Gasteiger partial charge < -0.3 is 29.3 Å². The molecule has 3 heterocycles. The van der Waals surface area contributed by atoms with Crippen LogP contribution in [0.5, 0.6) is 11.5 Å². The molecule has 0 saturated heterocycles. The summed E-state index contributed by atoms with van der Waals surface area (Å²) in [6, 6.07) is 12.1. The molecule has 1 aliphatic heterocycles. The second-order valence-electron chi connectivity index (χ2n) is 13.8. The standard InChI is InChI=1S/C41H52N4O6S/c1-4-21-50-41-38(52-22-16-30-26-42-17-18-43-30)25-36(45-48-3)34-23-29(11-5-7-19-46)33(13-6-8-20-47)39(40(34)41)35-24-32(14-15-37(35)51-41)49-27-31-12-9-10-28(2)44-31/h4,9-10,12,14-15,17-18,23-24,26,29,33,38-40,46-47H,1,5-8,11,13,16,19-22,25,27H2,2-3H3. The van der Waals surface area contributed by atoms with Crippen LogP contribution >= 0.6 is 11.8 Å². The van der Waals surface area contributed by atoms with E-state index < -0.39 is 5.79 Å². The van der Waals surface area contributed by atoms with Crippen LogP contribution in [-0.4, -0.2) is 74.6 Å². The number of aryl methyl sites for hydroxylation is 2. The quantitative estimate of drug-likeness (QED) is 0.0757. The normalized spacial score (nSPS) is 25.4. The largest absolute Gasteiger partial charge is 0.487 e. The summed E-state index contributed by atoms with van der Waals surface area (Å²) in [5.74, 6) is 1.55. The van der Waals surface area contributed by atoms with Gasteiger partial charge in [0.2, 0.25) is 5.79 Å². The summed E-state index contributed by atoms with van der Waals surface area (Å²) >= 11 is 1.81. The van der Waals surface area contributed by atoms with Gasteiger partial charge in [-0.1, -0.05) is 36.2 Å². The molecule has 0 amide bonds. The molecular weight excluding hydrogens is 677 g/mol. The number of nitrogens with zero attached hydrogens (tertiary/aromatic N) is 4. The summed E-state index contributed by atoms with van der Waals surface area (Å²) in [5, 5.41) is 24.1. The first-order valence-corrected chi connectivity index (χ1v) is 19.6. The van der Waals surface area contributed by atoms with E-state index in [-0.39, 0.29) is 42.1 Å². The van der Waals surface area contributed by atoms with Crippen molar-refractivity contribution < 1.29 is 29.3 Å². The number of aromatic nitrogens is 3. The summed E-state index contributed by atoms with van der Waals surface area (Å²) in [6.45, 7) is 7.00. The number of hydrogen-bond acceptors (Lipinski definition) is 11. The number of hydrogen-bond donors (Lipinski definition) is 2. The van der Waals surface area contributed by atoms with E-state index in [2.05, 4.69) is 38.8 Å². The van der Waals surface area contributed by atoms with Crippen molar-refractivity contribution in [3.05, 3.63) is 102 Å². The predicted octanol–water partition coefficient (Wildman–Crippen LogP) is 7.00. The average Bonchev–Trinajstić information content (AvgIpc) is 3.16. The molecule has 0 bridgehead atoms. The fourth-order valence-corrected chi connectivity index (χ4v) is 9.66. The van der Waals surface area contributed by atoms with E-state index in [0.29, 0.717) is 19.6 Å². The zero-order valence-corrected chi connectivity index (χ0v) is 31.2. The zero-order chi connectivity index (χ0) is 36.3. The average molecular weight is 729 g/mol. The van der Waals surface area contributed by atoms with Gasteiger partial charge >= 0.3 is 0 Å². The lowest BCUT2D eigenvalue weighted by Crippen LogP contribution is -2.64. The summed E-state index contributed by atoms with van der Waals surface area (Å²) in [4.78, 5) is 18.9. The lowest BCUT2D eigenvalue weighted by molar-refractivity contribution is -0.223. The Morgan fingerprint density at radius 2 is 1.92 bits per heavy atom. The van der Waals surface area contributed by atoms with Crippen LogP contribution in [0.25, 0.3) is 0 Å². The maximum atomic E-state index is 9.84. The van der Waals surface area contributed by atoms with Crippen LogP contribution in [-0.2, 0) is 22.6 Å². The van der Waals surface area contributed by atoms with E-state index >= 15 is 0 Å². The fraction of sp³-hybridized carbons (Fsp3) is 0.512. The van der Waals surface area contributed by atoms with Crippen LogP contribution in [0.2, 0.25) is 0 Å².